The van der Waals surface area contributed by atoms with E-state index in [1.165, 1.54) is 17.6 Å². The van der Waals surface area contributed by atoms with Gasteiger partial charge < -0.3 is 9.47 Å². The van der Waals surface area contributed by atoms with Gasteiger partial charge in [-0.05, 0) is 30.9 Å². The Labute approximate surface area is 103 Å². The van der Waals surface area contributed by atoms with E-state index in [0.717, 1.165) is 26.2 Å². The Balaban J connectivity index is 1.80. The third kappa shape index (κ3) is 3.90. The lowest BCUT2D eigenvalue weighted by molar-refractivity contribution is 0.0269. The average molecular weight is 232 g/mol. The predicted molar refractivity (Wildman–Crippen MR) is 69.6 cm³/mol. The average Bonchev–Trinajstić information content (AvgIpc) is 2.41. The Morgan fingerprint density at radius 3 is 2.94 bits per heavy atom. The zero-order valence-electron chi connectivity index (χ0n) is 10.4. The largest absolute Gasteiger partial charge is 0.501 e. The maximum absolute atomic E-state index is 5.65. The summed E-state index contributed by atoms with van der Waals surface area (Å²) in [6.07, 6.45) is 4.25. The van der Waals surface area contributed by atoms with E-state index in [-0.39, 0.29) is 0 Å². The zero-order valence-corrected chi connectivity index (χ0v) is 10.4. The van der Waals surface area contributed by atoms with Crippen LogP contribution in [-0.4, -0.2) is 19.8 Å². The topological polar surface area (TPSA) is 18.5 Å². The van der Waals surface area contributed by atoms with Crippen LogP contribution in [0.4, 0.5) is 0 Å². The van der Waals surface area contributed by atoms with Crippen molar-refractivity contribution in [3.63, 3.8) is 0 Å². The number of allylic oxidation sites excluding steroid dienone is 1. The second kappa shape index (κ2) is 6.45. The fourth-order valence-corrected chi connectivity index (χ4v) is 2.02. The van der Waals surface area contributed by atoms with E-state index in [1.807, 2.05) is 24.5 Å². The van der Waals surface area contributed by atoms with Crippen LogP contribution in [0.25, 0.3) is 5.57 Å². The highest BCUT2D eigenvalue weighted by Gasteiger charge is 2.13. The van der Waals surface area contributed by atoms with Gasteiger partial charge in [0.25, 0.3) is 0 Å². The Morgan fingerprint density at radius 1 is 1.41 bits per heavy atom. The molecule has 2 heteroatoms. The molecule has 0 saturated carbocycles. The van der Waals surface area contributed by atoms with Crippen LogP contribution < -0.4 is 0 Å². The molecule has 0 aliphatic carbocycles. The summed E-state index contributed by atoms with van der Waals surface area (Å²) in [4.78, 5) is 0. The third-order valence-electron chi connectivity index (χ3n) is 3.08. The summed E-state index contributed by atoms with van der Waals surface area (Å²) in [6.45, 7) is 4.60. The van der Waals surface area contributed by atoms with E-state index in [0.29, 0.717) is 5.92 Å². The minimum absolute atomic E-state index is 0.559. The van der Waals surface area contributed by atoms with E-state index >= 15 is 0 Å². The van der Waals surface area contributed by atoms with Gasteiger partial charge >= 0.3 is 0 Å². The minimum atomic E-state index is 0.559. The van der Waals surface area contributed by atoms with Gasteiger partial charge in [0.05, 0.1) is 19.5 Å². The van der Waals surface area contributed by atoms with E-state index in [9.17, 15) is 0 Å². The highest BCUT2D eigenvalue weighted by atomic mass is 16.5. The molecular weight excluding hydrogens is 212 g/mol. The van der Waals surface area contributed by atoms with Crippen molar-refractivity contribution in [2.24, 2.45) is 5.92 Å². The van der Waals surface area contributed by atoms with Crippen LogP contribution in [0.15, 0.2) is 36.6 Å². The summed E-state index contributed by atoms with van der Waals surface area (Å²) in [7, 11) is 0. The van der Waals surface area contributed by atoms with Crippen molar-refractivity contribution in [2.75, 3.05) is 19.8 Å². The highest BCUT2D eigenvalue weighted by molar-refractivity contribution is 5.62. The first-order valence-corrected chi connectivity index (χ1v) is 6.28. The smallest absolute Gasteiger partial charge is 0.0923 e. The van der Waals surface area contributed by atoms with Gasteiger partial charge in [-0.1, -0.05) is 30.3 Å². The molecule has 0 bridgehead atoms. The molecule has 1 atom stereocenters. The molecule has 1 unspecified atom stereocenters. The van der Waals surface area contributed by atoms with Gasteiger partial charge in [-0.2, -0.15) is 0 Å². The Kier molecular flexibility index (Phi) is 4.63. The lowest BCUT2D eigenvalue weighted by Gasteiger charge is -2.21. The maximum Gasteiger partial charge on any atom is 0.0923 e. The van der Waals surface area contributed by atoms with Gasteiger partial charge in [-0.25, -0.2) is 0 Å². The number of ether oxygens (including phenoxy) is 2. The van der Waals surface area contributed by atoms with Crippen molar-refractivity contribution in [3.05, 3.63) is 42.2 Å². The molecule has 1 heterocycles. The second-order valence-corrected chi connectivity index (χ2v) is 4.58. The molecule has 0 N–H and O–H groups in total. The summed E-state index contributed by atoms with van der Waals surface area (Å²) in [5.41, 5.74) is 2.38. The first kappa shape index (κ1) is 12.2. The van der Waals surface area contributed by atoms with Crippen molar-refractivity contribution < 1.29 is 9.47 Å². The number of benzene rings is 1. The first-order valence-electron chi connectivity index (χ1n) is 6.28. The van der Waals surface area contributed by atoms with Crippen LogP contribution in [0.1, 0.15) is 25.3 Å². The van der Waals surface area contributed by atoms with Gasteiger partial charge in [-0.15, -0.1) is 0 Å². The fraction of sp³-hybridized carbons (Fsp3) is 0.467. The molecule has 1 fully saturated rings. The fourth-order valence-electron chi connectivity index (χ4n) is 2.02. The predicted octanol–water partition coefficient (Wildman–Crippen LogP) is 3.49. The van der Waals surface area contributed by atoms with Crippen molar-refractivity contribution >= 4 is 5.57 Å². The number of hydrogen-bond acceptors (Lipinski definition) is 2. The molecule has 1 aromatic carbocycles. The van der Waals surface area contributed by atoms with E-state index in [4.69, 9.17) is 9.47 Å². The Morgan fingerprint density at radius 2 is 2.24 bits per heavy atom. The highest BCUT2D eigenvalue weighted by Crippen LogP contribution is 2.16. The Hall–Kier alpha value is -1.28. The van der Waals surface area contributed by atoms with Crippen LogP contribution in [-0.2, 0) is 9.47 Å². The van der Waals surface area contributed by atoms with Crippen molar-refractivity contribution in [3.8, 4) is 0 Å². The van der Waals surface area contributed by atoms with E-state index in [1.54, 1.807) is 0 Å². The number of rotatable bonds is 4. The van der Waals surface area contributed by atoms with Crippen LogP contribution in [0.3, 0.4) is 0 Å². The van der Waals surface area contributed by atoms with Crippen LogP contribution in [0, 0.1) is 5.92 Å². The quantitative estimate of drug-likeness (QED) is 0.740. The summed E-state index contributed by atoms with van der Waals surface area (Å²) in [5, 5.41) is 0. The lowest BCUT2D eigenvalue weighted by atomic mass is 10.0. The molecule has 2 nitrogen and oxygen atoms in total. The van der Waals surface area contributed by atoms with Crippen LogP contribution >= 0.6 is 0 Å². The van der Waals surface area contributed by atoms with Gasteiger partial charge in [0, 0.05) is 12.5 Å². The molecule has 1 aromatic rings. The van der Waals surface area contributed by atoms with Crippen LogP contribution in [0.5, 0.6) is 0 Å². The molecular formula is C15H20O2. The monoisotopic (exact) mass is 232 g/mol. The lowest BCUT2D eigenvalue weighted by Crippen LogP contribution is -2.20. The molecule has 0 aromatic heterocycles. The normalized spacial score (nSPS) is 21.2. The van der Waals surface area contributed by atoms with Gasteiger partial charge in [-0.3, -0.25) is 0 Å². The third-order valence-corrected chi connectivity index (χ3v) is 3.08. The molecule has 0 spiro atoms. The van der Waals surface area contributed by atoms with Gasteiger partial charge in [0.2, 0.25) is 0 Å². The summed E-state index contributed by atoms with van der Waals surface area (Å²) >= 11 is 0. The van der Waals surface area contributed by atoms with E-state index < -0.39 is 0 Å². The maximum atomic E-state index is 5.65. The number of hydrogen-bond donors (Lipinski definition) is 0. The SMILES string of the molecule is C/C(=C/OCC1CCCOC1)c1ccccc1. The summed E-state index contributed by atoms with van der Waals surface area (Å²) < 4.78 is 11.1. The molecule has 1 saturated heterocycles. The molecule has 2 rings (SSSR count). The van der Waals surface area contributed by atoms with Gasteiger partial charge in [0.1, 0.15) is 0 Å². The first-order chi connectivity index (χ1) is 8.36. The van der Waals surface area contributed by atoms with Crippen molar-refractivity contribution in [1.29, 1.82) is 0 Å². The zero-order chi connectivity index (χ0) is 11.9. The molecule has 0 amide bonds. The minimum Gasteiger partial charge on any atom is -0.501 e. The van der Waals surface area contributed by atoms with Crippen LogP contribution in [0.2, 0.25) is 0 Å². The van der Waals surface area contributed by atoms with Crippen molar-refractivity contribution in [1.82, 2.24) is 0 Å². The summed E-state index contributed by atoms with van der Waals surface area (Å²) in [6, 6.07) is 10.3. The second-order valence-electron chi connectivity index (χ2n) is 4.58. The molecule has 1 aliphatic heterocycles. The summed E-state index contributed by atoms with van der Waals surface area (Å²) in [5.74, 6) is 0.559. The molecule has 92 valence electrons. The Bertz CT molecular complexity index is 350. The standard InChI is InChI=1S/C15H20O2/c1-13(15-7-3-2-4-8-15)10-17-12-14-6-5-9-16-11-14/h2-4,7-8,10,14H,5-6,9,11-12H2,1H3/b13-10-. The molecule has 17 heavy (non-hydrogen) atoms. The van der Waals surface area contributed by atoms with E-state index in [2.05, 4.69) is 19.1 Å². The van der Waals surface area contributed by atoms with Gasteiger partial charge in [0.15, 0.2) is 0 Å². The molecule has 0 radical (unpaired) electrons. The molecule has 1 aliphatic rings. The van der Waals surface area contributed by atoms with Crippen molar-refractivity contribution in [2.45, 2.75) is 19.8 Å².